The van der Waals surface area contributed by atoms with E-state index in [2.05, 4.69) is 15.0 Å². The van der Waals surface area contributed by atoms with Crippen LogP contribution in [0.4, 0.5) is 0 Å². The van der Waals surface area contributed by atoms with Gasteiger partial charge in [0.2, 0.25) is 0 Å². The second-order valence-electron chi connectivity index (χ2n) is 4.02. The van der Waals surface area contributed by atoms with E-state index >= 15 is 0 Å². The zero-order chi connectivity index (χ0) is 12.7. The number of nitrogens with zero attached hydrogens (tertiary/aromatic N) is 3. The van der Waals surface area contributed by atoms with Gasteiger partial charge in [-0.25, -0.2) is 14.8 Å². The minimum atomic E-state index is -0.986. The molecule has 0 aliphatic rings. The molecule has 3 rings (SSSR count). The third kappa shape index (κ3) is 1.55. The van der Waals surface area contributed by atoms with Crippen LogP contribution >= 0.6 is 0 Å². The van der Waals surface area contributed by atoms with Gasteiger partial charge in [0, 0.05) is 13.2 Å². The van der Waals surface area contributed by atoms with Gasteiger partial charge in [-0.05, 0) is 12.1 Å². The van der Waals surface area contributed by atoms with Crippen LogP contribution < -0.4 is 0 Å². The molecule has 2 N–H and O–H groups in total. The van der Waals surface area contributed by atoms with E-state index < -0.39 is 5.97 Å². The van der Waals surface area contributed by atoms with Crippen molar-refractivity contribution >= 4 is 17.0 Å². The average Bonchev–Trinajstić information content (AvgIpc) is 2.93. The van der Waals surface area contributed by atoms with Crippen LogP contribution in [-0.2, 0) is 7.05 Å². The minimum absolute atomic E-state index is 0.186. The number of rotatable bonds is 2. The van der Waals surface area contributed by atoms with Crippen LogP contribution in [0.15, 0.2) is 30.7 Å². The summed E-state index contributed by atoms with van der Waals surface area (Å²) in [6.45, 7) is 0. The van der Waals surface area contributed by atoms with E-state index in [1.807, 2.05) is 13.2 Å². The molecule has 0 saturated heterocycles. The van der Waals surface area contributed by atoms with Crippen LogP contribution in [-0.4, -0.2) is 30.6 Å². The number of aromatic amines is 1. The number of aryl methyl sites for hydroxylation is 1. The Labute approximate surface area is 102 Å². The predicted octanol–water partition coefficient (Wildman–Crippen LogP) is 1.66. The fourth-order valence-electron chi connectivity index (χ4n) is 1.86. The molecule has 3 aromatic rings. The van der Waals surface area contributed by atoms with Crippen molar-refractivity contribution in [2.24, 2.45) is 7.05 Å². The predicted molar refractivity (Wildman–Crippen MR) is 65.3 cm³/mol. The standard InChI is InChI=1S/C12H10N4O2/c1-16-5-9(13-6-16)11-14-8-4-2-3-7(12(17)18)10(8)15-11/h2-6H,1H3,(H,14,15)(H,17,18). The number of carboxylic acid groups (broad SMARTS) is 1. The summed E-state index contributed by atoms with van der Waals surface area (Å²) < 4.78 is 1.81. The topological polar surface area (TPSA) is 83.8 Å². The molecule has 0 radical (unpaired) electrons. The first kappa shape index (κ1) is 10.5. The highest BCUT2D eigenvalue weighted by Crippen LogP contribution is 2.21. The van der Waals surface area contributed by atoms with E-state index in [4.69, 9.17) is 5.11 Å². The van der Waals surface area contributed by atoms with Gasteiger partial charge in [0.1, 0.15) is 11.2 Å². The van der Waals surface area contributed by atoms with Crippen molar-refractivity contribution in [2.45, 2.75) is 0 Å². The Hall–Kier alpha value is -2.63. The lowest BCUT2D eigenvalue weighted by atomic mass is 10.2. The second-order valence-corrected chi connectivity index (χ2v) is 4.02. The van der Waals surface area contributed by atoms with Crippen LogP contribution in [0.25, 0.3) is 22.6 Å². The molecule has 2 aromatic heterocycles. The van der Waals surface area contributed by atoms with Crippen molar-refractivity contribution in [3.05, 3.63) is 36.3 Å². The number of imidazole rings is 2. The van der Waals surface area contributed by atoms with Crippen molar-refractivity contribution in [2.75, 3.05) is 0 Å². The first-order chi connectivity index (χ1) is 8.65. The van der Waals surface area contributed by atoms with Gasteiger partial charge < -0.3 is 14.7 Å². The summed E-state index contributed by atoms with van der Waals surface area (Å²) in [4.78, 5) is 22.6. The Morgan fingerprint density at radius 2 is 2.28 bits per heavy atom. The second kappa shape index (κ2) is 3.69. The molecule has 0 saturated carbocycles. The van der Waals surface area contributed by atoms with E-state index in [9.17, 15) is 4.79 Å². The number of carbonyl (C=O) groups is 1. The first-order valence-corrected chi connectivity index (χ1v) is 5.35. The average molecular weight is 242 g/mol. The fraction of sp³-hybridized carbons (Fsp3) is 0.0833. The SMILES string of the molecule is Cn1cnc(-c2nc3c(C(=O)O)cccc3[nH]2)c1. The van der Waals surface area contributed by atoms with Gasteiger partial charge in [-0.3, -0.25) is 0 Å². The third-order valence-corrected chi connectivity index (χ3v) is 2.69. The highest BCUT2D eigenvalue weighted by atomic mass is 16.4. The highest BCUT2D eigenvalue weighted by molar-refractivity contribution is 6.01. The molecule has 0 amide bonds. The van der Waals surface area contributed by atoms with Gasteiger partial charge in [-0.15, -0.1) is 0 Å². The van der Waals surface area contributed by atoms with Crippen molar-refractivity contribution < 1.29 is 9.90 Å². The van der Waals surface area contributed by atoms with Crippen molar-refractivity contribution in [3.63, 3.8) is 0 Å². The lowest BCUT2D eigenvalue weighted by Crippen LogP contribution is -1.96. The third-order valence-electron chi connectivity index (χ3n) is 2.69. The molecule has 2 heterocycles. The van der Waals surface area contributed by atoms with E-state index in [1.54, 1.807) is 23.0 Å². The smallest absolute Gasteiger partial charge is 0.337 e. The van der Waals surface area contributed by atoms with E-state index in [1.165, 1.54) is 6.07 Å². The molecule has 0 aliphatic carbocycles. The monoisotopic (exact) mass is 242 g/mol. The Morgan fingerprint density at radius 1 is 1.44 bits per heavy atom. The van der Waals surface area contributed by atoms with Crippen LogP contribution in [0, 0.1) is 0 Å². The largest absolute Gasteiger partial charge is 0.478 e. The number of carboxylic acids is 1. The number of H-pyrrole nitrogens is 1. The minimum Gasteiger partial charge on any atom is -0.478 e. The zero-order valence-electron chi connectivity index (χ0n) is 9.58. The number of aromatic nitrogens is 4. The quantitative estimate of drug-likeness (QED) is 0.715. The molecular weight excluding hydrogens is 232 g/mol. The fourth-order valence-corrected chi connectivity index (χ4v) is 1.86. The van der Waals surface area contributed by atoms with Gasteiger partial charge in [-0.2, -0.15) is 0 Å². The molecule has 0 fully saturated rings. The normalized spacial score (nSPS) is 10.9. The number of para-hydroxylation sites is 1. The Kier molecular flexibility index (Phi) is 2.16. The highest BCUT2D eigenvalue weighted by Gasteiger charge is 2.14. The van der Waals surface area contributed by atoms with Crippen LogP contribution in [0.2, 0.25) is 0 Å². The Bertz CT molecular complexity index is 741. The molecule has 0 aliphatic heterocycles. The molecule has 0 bridgehead atoms. The summed E-state index contributed by atoms with van der Waals surface area (Å²) in [5.41, 5.74) is 2.01. The van der Waals surface area contributed by atoms with Gasteiger partial charge in [0.05, 0.1) is 17.4 Å². The number of hydrogen-bond acceptors (Lipinski definition) is 3. The molecule has 90 valence electrons. The summed E-state index contributed by atoms with van der Waals surface area (Å²) in [6.07, 6.45) is 3.48. The summed E-state index contributed by atoms with van der Waals surface area (Å²) in [5.74, 6) is -0.418. The van der Waals surface area contributed by atoms with Gasteiger partial charge in [0.15, 0.2) is 5.82 Å². The number of fused-ring (bicyclic) bond motifs is 1. The van der Waals surface area contributed by atoms with Gasteiger partial charge in [0.25, 0.3) is 0 Å². The summed E-state index contributed by atoms with van der Waals surface area (Å²) in [5, 5.41) is 9.09. The molecule has 0 atom stereocenters. The van der Waals surface area contributed by atoms with Crippen molar-refractivity contribution in [3.8, 4) is 11.5 Å². The molecule has 0 spiro atoms. The Morgan fingerprint density at radius 3 is 2.94 bits per heavy atom. The molecule has 6 heteroatoms. The zero-order valence-corrected chi connectivity index (χ0v) is 9.58. The lowest BCUT2D eigenvalue weighted by Gasteiger charge is -1.93. The van der Waals surface area contributed by atoms with Crippen molar-refractivity contribution in [1.82, 2.24) is 19.5 Å². The summed E-state index contributed by atoms with van der Waals surface area (Å²) >= 11 is 0. The number of benzene rings is 1. The maximum atomic E-state index is 11.1. The lowest BCUT2D eigenvalue weighted by molar-refractivity contribution is 0.0699. The number of hydrogen-bond donors (Lipinski definition) is 2. The molecule has 1 aromatic carbocycles. The number of nitrogens with one attached hydrogen (secondary N) is 1. The van der Waals surface area contributed by atoms with Crippen LogP contribution in [0.3, 0.4) is 0 Å². The number of aromatic carboxylic acids is 1. The summed E-state index contributed by atoms with van der Waals surface area (Å²) in [7, 11) is 1.86. The van der Waals surface area contributed by atoms with Crippen LogP contribution in [0.1, 0.15) is 10.4 Å². The molecule has 6 nitrogen and oxygen atoms in total. The maximum Gasteiger partial charge on any atom is 0.337 e. The molecule has 0 unspecified atom stereocenters. The van der Waals surface area contributed by atoms with Gasteiger partial charge in [-0.1, -0.05) is 6.07 Å². The van der Waals surface area contributed by atoms with E-state index in [0.717, 1.165) is 0 Å². The Balaban J connectivity index is 2.22. The van der Waals surface area contributed by atoms with E-state index in [0.29, 0.717) is 22.6 Å². The van der Waals surface area contributed by atoms with Crippen molar-refractivity contribution in [1.29, 1.82) is 0 Å². The van der Waals surface area contributed by atoms with Crippen LogP contribution in [0.5, 0.6) is 0 Å². The molecule has 18 heavy (non-hydrogen) atoms. The maximum absolute atomic E-state index is 11.1. The van der Waals surface area contributed by atoms with Gasteiger partial charge >= 0.3 is 5.97 Å². The first-order valence-electron chi connectivity index (χ1n) is 5.35. The molecular formula is C12H10N4O2. The van der Waals surface area contributed by atoms with E-state index in [-0.39, 0.29) is 5.56 Å². The summed E-state index contributed by atoms with van der Waals surface area (Å²) in [6, 6.07) is 5.01.